The molecule has 1 aromatic rings. The second kappa shape index (κ2) is 8.64. The molecule has 2 saturated heterocycles. The van der Waals surface area contributed by atoms with Crippen molar-refractivity contribution < 1.29 is 14.3 Å². The smallest absolute Gasteiger partial charge is 0.324 e. The van der Waals surface area contributed by atoms with Gasteiger partial charge in [0.2, 0.25) is 5.91 Å². The second-order valence-electron chi connectivity index (χ2n) is 8.66. The number of carbonyl (C=O) groups excluding carboxylic acids is 2. The molecular weight excluding hydrogens is 366 g/mol. The number of benzene rings is 1. The van der Waals surface area contributed by atoms with Crippen molar-refractivity contribution in [2.75, 3.05) is 37.6 Å². The van der Waals surface area contributed by atoms with Crippen molar-refractivity contribution in [2.45, 2.75) is 58.5 Å². The summed E-state index contributed by atoms with van der Waals surface area (Å²) in [7, 11) is 0. The van der Waals surface area contributed by atoms with E-state index in [-0.39, 0.29) is 18.1 Å². The van der Waals surface area contributed by atoms with Crippen LogP contribution < -0.4 is 9.64 Å². The predicted molar refractivity (Wildman–Crippen MR) is 113 cm³/mol. The van der Waals surface area contributed by atoms with Crippen molar-refractivity contribution in [3.63, 3.8) is 0 Å². The molecule has 3 amide bonds. The van der Waals surface area contributed by atoms with Gasteiger partial charge in [-0.1, -0.05) is 13.0 Å². The number of piperidine rings is 2. The number of hydrogen-bond acceptors (Lipinski definition) is 3. The van der Waals surface area contributed by atoms with E-state index in [4.69, 9.17) is 4.74 Å². The molecule has 4 rings (SSSR count). The number of ether oxygens (including phenoxy) is 1. The topological polar surface area (TPSA) is 53.1 Å². The van der Waals surface area contributed by atoms with Crippen LogP contribution in [-0.2, 0) is 4.79 Å². The highest BCUT2D eigenvalue weighted by atomic mass is 16.5. The van der Waals surface area contributed by atoms with Gasteiger partial charge in [-0.3, -0.25) is 9.69 Å². The first-order valence-electron chi connectivity index (χ1n) is 11.2. The van der Waals surface area contributed by atoms with Crippen LogP contribution in [0.25, 0.3) is 0 Å². The van der Waals surface area contributed by atoms with E-state index in [2.05, 4.69) is 6.92 Å². The van der Waals surface area contributed by atoms with E-state index >= 15 is 0 Å². The first-order chi connectivity index (χ1) is 14.1. The van der Waals surface area contributed by atoms with Gasteiger partial charge in [0.15, 0.2) is 0 Å². The van der Waals surface area contributed by atoms with Crippen molar-refractivity contribution >= 4 is 17.6 Å². The summed E-state index contributed by atoms with van der Waals surface area (Å²) in [6.45, 7) is 7.81. The average Bonchev–Trinajstić information content (AvgIpc) is 2.78. The lowest BCUT2D eigenvalue weighted by Gasteiger charge is -2.40. The molecule has 3 aliphatic rings. The maximum absolute atomic E-state index is 13.4. The average molecular weight is 400 g/mol. The second-order valence-corrected chi connectivity index (χ2v) is 8.66. The van der Waals surface area contributed by atoms with Crippen molar-refractivity contribution in [3.05, 3.63) is 23.8 Å². The van der Waals surface area contributed by atoms with Crippen LogP contribution in [0.4, 0.5) is 10.5 Å². The Balaban J connectivity index is 1.42. The highest BCUT2D eigenvalue weighted by Crippen LogP contribution is 2.36. The van der Waals surface area contributed by atoms with E-state index in [1.807, 2.05) is 39.8 Å². The third kappa shape index (κ3) is 4.21. The van der Waals surface area contributed by atoms with Gasteiger partial charge in [0.05, 0.1) is 12.2 Å². The fourth-order valence-corrected chi connectivity index (χ4v) is 4.71. The fraction of sp³-hybridized carbons (Fsp3) is 0.652. The lowest BCUT2D eigenvalue weighted by Crippen LogP contribution is -2.52. The first-order valence-corrected chi connectivity index (χ1v) is 11.2. The maximum Gasteiger partial charge on any atom is 0.324 e. The van der Waals surface area contributed by atoms with E-state index in [9.17, 15) is 9.59 Å². The van der Waals surface area contributed by atoms with Gasteiger partial charge in [0.25, 0.3) is 0 Å². The molecule has 0 saturated carbocycles. The summed E-state index contributed by atoms with van der Waals surface area (Å²) in [6.07, 6.45) is 5.90. The zero-order chi connectivity index (χ0) is 20.4. The number of likely N-dealkylation sites (tertiary alicyclic amines) is 2. The molecule has 1 atom stereocenters. The molecule has 1 aromatic carbocycles. The largest absolute Gasteiger partial charge is 0.486 e. The number of hydrogen-bond donors (Lipinski definition) is 0. The van der Waals surface area contributed by atoms with Gasteiger partial charge in [-0.25, -0.2) is 4.79 Å². The minimum absolute atomic E-state index is 0.0207. The summed E-state index contributed by atoms with van der Waals surface area (Å²) in [4.78, 5) is 32.0. The van der Waals surface area contributed by atoms with E-state index in [0.717, 1.165) is 62.2 Å². The molecule has 29 heavy (non-hydrogen) atoms. The van der Waals surface area contributed by atoms with Crippen molar-refractivity contribution in [1.82, 2.24) is 9.80 Å². The summed E-state index contributed by atoms with van der Waals surface area (Å²) in [5, 5.41) is 0. The van der Waals surface area contributed by atoms with Crippen LogP contribution >= 0.6 is 0 Å². The van der Waals surface area contributed by atoms with Crippen LogP contribution in [0.1, 0.15) is 51.0 Å². The van der Waals surface area contributed by atoms with E-state index < -0.39 is 0 Å². The highest BCUT2D eigenvalue weighted by Gasteiger charge is 2.35. The summed E-state index contributed by atoms with van der Waals surface area (Å²) >= 11 is 0. The molecule has 0 N–H and O–H groups in total. The lowest BCUT2D eigenvalue weighted by molar-refractivity contribution is -0.137. The standard InChI is InChI=1S/C23H33N3O3/c1-3-19-16-26(20-15-17(2)7-8-21(20)29-19)23(28)25-13-9-18(10-14-25)22(27)24-11-5-4-6-12-24/h7-8,15,18-19H,3-6,9-14,16H2,1-2H3/t19-/m1/s1. The van der Waals surface area contributed by atoms with Crippen LogP contribution in [0, 0.1) is 12.8 Å². The summed E-state index contributed by atoms with van der Waals surface area (Å²) in [6, 6.07) is 6.07. The monoisotopic (exact) mass is 399 g/mol. The fourth-order valence-electron chi connectivity index (χ4n) is 4.71. The minimum Gasteiger partial charge on any atom is -0.486 e. The quantitative estimate of drug-likeness (QED) is 0.760. The molecule has 0 unspecified atom stereocenters. The lowest BCUT2D eigenvalue weighted by atomic mass is 9.94. The Hall–Kier alpha value is -2.24. The Morgan fingerprint density at radius 2 is 1.76 bits per heavy atom. The molecule has 6 heteroatoms. The van der Waals surface area contributed by atoms with Crippen LogP contribution in [0.3, 0.4) is 0 Å². The van der Waals surface area contributed by atoms with Crippen molar-refractivity contribution in [1.29, 1.82) is 0 Å². The normalized spacial score (nSPS) is 22.8. The SMILES string of the molecule is CC[C@@H]1CN(C(=O)N2CCC(C(=O)N3CCCCC3)CC2)c2cc(C)ccc2O1. The summed E-state index contributed by atoms with van der Waals surface area (Å²) in [5.41, 5.74) is 1.98. The Bertz CT molecular complexity index is 752. The Kier molecular flexibility index (Phi) is 5.97. The number of urea groups is 1. The van der Waals surface area contributed by atoms with Gasteiger partial charge in [-0.15, -0.1) is 0 Å². The summed E-state index contributed by atoms with van der Waals surface area (Å²) in [5.74, 6) is 1.16. The molecule has 158 valence electrons. The predicted octanol–water partition coefficient (Wildman–Crippen LogP) is 3.82. The number of aryl methyl sites for hydroxylation is 1. The van der Waals surface area contributed by atoms with Crippen LogP contribution in [0.5, 0.6) is 5.75 Å². The van der Waals surface area contributed by atoms with Crippen molar-refractivity contribution in [2.24, 2.45) is 5.92 Å². The van der Waals surface area contributed by atoms with Gasteiger partial charge in [-0.2, -0.15) is 0 Å². The van der Waals surface area contributed by atoms with Gasteiger partial charge >= 0.3 is 6.03 Å². The number of fused-ring (bicyclic) bond motifs is 1. The molecule has 0 bridgehead atoms. The highest BCUT2D eigenvalue weighted by molar-refractivity contribution is 5.94. The Morgan fingerprint density at radius 1 is 1.03 bits per heavy atom. The number of rotatable bonds is 2. The van der Waals surface area contributed by atoms with E-state index in [1.165, 1.54) is 6.42 Å². The first kappa shape index (κ1) is 20.0. The number of carbonyl (C=O) groups is 2. The number of amides is 3. The maximum atomic E-state index is 13.4. The molecule has 3 aliphatic heterocycles. The Labute approximate surface area is 173 Å². The molecular formula is C23H33N3O3. The Morgan fingerprint density at radius 3 is 2.45 bits per heavy atom. The zero-order valence-electron chi connectivity index (χ0n) is 17.7. The number of anilines is 1. The van der Waals surface area contributed by atoms with Gasteiger partial charge in [0.1, 0.15) is 11.9 Å². The minimum atomic E-state index is 0.0207. The third-order valence-electron chi connectivity index (χ3n) is 6.55. The molecule has 0 spiro atoms. The molecule has 2 fully saturated rings. The van der Waals surface area contributed by atoms with E-state index in [1.54, 1.807) is 0 Å². The molecule has 6 nitrogen and oxygen atoms in total. The van der Waals surface area contributed by atoms with Gasteiger partial charge in [0, 0.05) is 32.1 Å². The van der Waals surface area contributed by atoms with Gasteiger partial charge in [-0.05, 0) is 63.1 Å². The molecule has 0 aromatic heterocycles. The van der Waals surface area contributed by atoms with Crippen molar-refractivity contribution in [3.8, 4) is 5.75 Å². The summed E-state index contributed by atoms with van der Waals surface area (Å²) < 4.78 is 6.06. The molecule has 0 aliphatic carbocycles. The zero-order valence-corrected chi connectivity index (χ0v) is 17.7. The van der Waals surface area contributed by atoms with E-state index in [0.29, 0.717) is 25.5 Å². The third-order valence-corrected chi connectivity index (χ3v) is 6.55. The van der Waals surface area contributed by atoms with Crippen LogP contribution in [0.15, 0.2) is 18.2 Å². The molecule has 0 radical (unpaired) electrons. The van der Waals surface area contributed by atoms with Crippen LogP contribution in [-0.4, -0.2) is 60.6 Å². The molecule has 3 heterocycles. The van der Waals surface area contributed by atoms with Crippen LogP contribution in [0.2, 0.25) is 0 Å². The number of nitrogens with zero attached hydrogens (tertiary/aromatic N) is 3. The van der Waals surface area contributed by atoms with Gasteiger partial charge < -0.3 is 14.5 Å².